The van der Waals surface area contributed by atoms with Gasteiger partial charge in [0.1, 0.15) is 17.8 Å². The second-order valence-corrected chi connectivity index (χ2v) is 9.43. The highest BCUT2D eigenvalue weighted by Gasteiger charge is 2.29. The first kappa shape index (κ1) is 22.1. The minimum atomic E-state index is -0.227. The number of hydrogen-bond donors (Lipinski definition) is 2. The van der Waals surface area contributed by atoms with Crippen molar-refractivity contribution < 1.29 is 4.79 Å². The number of anilines is 1. The molecular formula is C27H26N8O. The molecule has 0 radical (unpaired) electrons. The number of carbonyl (C=O) groups excluding carboxylic acids is 1. The monoisotopic (exact) mass is 478 g/mol. The Balaban J connectivity index is 1.47. The van der Waals surface area contributed by atoms with Gasteiger partial charge in [-0.15, -0.1) is 0 Å². The predicted octanol–water partition coefficient (Wildman–Crippen LogP) is 4.21. The quantitative estimate of drug-likeness (QED) is 0.394. The first-order valence-corrected chi connectivity index (χ1v) is 12.1. The Bertz CT molecular complexity index is 1600. The van der Waals surface area contributed by atoms with Crippen LogP contribution in [0.15, 0.2) is 55.0 Å². The third-order valence-electron chi connectivity index (χ3n) is 7.18. The molecular weight excluding hydrogens is 452 g/mol. The van der Waals surface area contributed by atoms with Crippen molar-refractivity contribution in [3.05, 3.63) is 60.6 Å². The molecule has 0 bridgehead atoms. The fraction of sp³-hybridized carbons (Fsp3) is 0.259. The molecule has 0 unspecified atom stereocenters. The standard InChI is InChI=1S/C27H26N8O/c1-15-12-22(20-4-2-3-11-30-20)33-21-13-17(7-10-19(15)21)24-23-25(28)31-14-32-27(23)35(34-24)18-8-5-16(6-9-18)26(29)36/h2-4,7,10-14,16,18H,5-6,8-9H2,1H3,(H2,29,36)(H2,28,31,32). The van der Waals surface area contributed by atoms with Gasteiger partial charge in [-0.1, -0.05) is 18.2 Å². The second-order valence-electron chi connectivity index (χ2n) is 9.43. The van der Waals surface area contributed by atoms with Gasteiger partial charge in [0.25, 0.3) is 0 Å². The van der Waals surface area contributed by atoms with Gasteiger partial charge in [0.15, 0.2) is 5.65 Å². The molecule has 0 aliphatic heterocycles. The van der Waals surface area contributed by atoms with E-state index in [-0.39, 0.29) is 17.9 Å². The average Bonchev–Trinajstić information content (AvgIpc) is 3.30. The number of aryl methyl sites for hydroxylation is 1. The molecule has 0 saturated heterocycles. The topological polar surface area (TPSA) is 138 Å². The molecule has 36 heavy (non-hydrogen) atoms. The lowest BCUT2D eigenvalue weighted by atomic mass is 9.86. The number of hydrogen-bond acceptors (Lipinski definition) is 7. The fourth-order valence-electron chi connectivity index (χ4n) is 5.25. The van der Waals surface area contributed by atoms with Crippen LogP contribution in [0.2, 0.25) is 0 Å². The molecule has 0 spiro atoms. The molecule has 4 N–H and O–H groups in total. The highest BCUT2D eigenvalue weighted by Crippen LogP contribution is 2.38. The van der Waals surface area contributed by atoms with Crippen molar-refractivity contribution in [2.45, 2.75) is 38.6 Å². The molecule has 1 aliphatic carbocycles. The van der Waals surface area contributed by atoms with Gasteiger partial charge in [-0.25, -0.2) is 19.6 Å². The molecule has 1 aromatic carbocycles. The highest BCUT2D eigenvalue weighted by atomic mass is 16.1. The van der Waals surface area contributed by atoms with E-state index in [0.717, 1.165) is 70.2 Å². The number of rotatable bonds is 4. The Hall–Kier alpha value is -4.40. The Labute approximate surface area is 207 Å². The van der Waals surface area contributed by atoms with Crippen LogP contribution in [0.3, 0.4) is 0 Å². The first-order valence-electron chi connectivity index (χ1n) is 12.1. The summed E-state index contributed by atoms with van der Waals surface area (Å²) in [5.74, 6) is 0.0824. The van der Waals surface area contributed by atoms with Crippen LogP contribution in [-0.4, -0.2) is 35.6 Å². The largest absolute Gasteiger partial charge is 0.383 e. The molecule has 1 amide bonds. The van der Waals surface area contributed by atoms with E-state index in [4.69, 9.17) is 21.5 Å². The van der Waals surface area contributed by atoms with Crippen LogP contribution in [0.5, 0.6) is 0 Å². The Morgan fingerprint density at radius 1 is 1.00 bits per heavy atom. The molecule has 6 rings (SSSR count). The smallest absolute Gasteiger partial charge is 0.220 e. The van der Waals surface area contributed by atoms with E-state index in [0.29, 0.717) is 11.5 Å². The number of benzene rings is 1. The normalized spacial score (nSPS) is 18.0. The molecule has 1 saturated carbocycles. The fourth-order valence-corrected chi connectivity index (χ4v) is 5.25. The Kier molecular flexibility index (Phi) is 5.32. The first-order chi connectivity index (χ1) is 17.5. The van der Waals surface area contributed by atoms with Crippen LogP contribution in [-0.2, 0) is 4.79 Å². The summed E-state index contributed by atoms with van der Waals surface area (Å²) in [6.07, 6.45) is 6.34. The SMILES string of the molecule is Cc1cc(-c2ccccn2)nc2cc(-c3nn(C4CCC(C(N)=O)CC4)c4ncnc(N)c34)ccc12. The summed E-state index contributed by atoms with van der Waals surface area (Å²) in [7, 11) is 0. The number of fused-ring (bicyclic) bond motifs is 2. The zero-order valence-electron chi connectivity index (χ0n) is 19.9. The molecule has 5 aromatic rings. The summed E-state index contributed by atoms with van der Waals surface area (Å²) in [5.41, 5.74) is 17.8. The van der Waals surface area contributed by atoms with Crippen molar-refractivity contribution in [2.24, 2.45) is 11.7 Å². The number of aromatic nitrogens is 6. The zero-order chi connectivity index (χ0) is 24.8. The van der Waals surface area contributed by atoms with Crippen molar-refractivity contribution in [1.82, 2.24) is 29.7 Å². The van der Waals surface area contributed by atoms with Gasteiger partial charge >= 0.3 is 0 Å². The maximum absolute atomic E-state index is 11.6. The third-order valence-corrected chi connectivity index (χ3v) is 7.18. The number of nitrogen functional groups attached to an aromatic ring is 1. The van der Waals surface area contributed by atoms with Crippen LogP contribution in [0.1, 0.15) is 37.3 Å². The number of pyridine rings is 2. The van der Waals surface area contributed by atoms with Gasteiger partial charge in [-0.05, 0) is 62.4 Å². The van der Waals surface area contributed by atoms with E-state index in [1.54, 1.807) is 6.20 Å². The molecule has 1 aliphatic rings. The highest BCUT2D eigenvalue weighted by molar-refractivity contribution is 6.00. The van der Waals surface area contributed by atoms with E-state index in [2.05, 4.69) is 34.0 Å². The molecule has 1 fully saturated rings. The van der Waals surface area contributed by atoms with Gasteiger partial charge in [0.05, 0.1) is 28.3 Å². The molecule has 180 valence electrons. The number of nitrogens with zero attached hydrogens (tertiary/aromatic N) is 6. The predicted molar refractivity (Wildman–Crippen MR) is 139 cm³/mol. The summed E-state index contributed by atoms with van der Waals surface area (Å²) >= 11 is 0. The van der Waals surface area contributed by atoms with Gasteiger partial charge in [0, 0.05) is 23.1 Å². The van der Waals surface area contributed by atoms with Crippen molar-refractivity contribution in [3.8, 4) is 22.6 Å². The van der Waals surface area contributed by atoms with Crippen molar-refractivity contribution in [1.29, 1.82) is 0 Å². The van der Waals surface area contributed by atoms with E-state index in [1.807, 2.05) is 35.0 Å². The van der Waals surface area contributed by atoms with E-state index >= 15 is 0 Å². The van der Waals surface area contributed by atoms with Gasteiger partial charge < -0.3 is 11.5 Å². The van der Waals surface area contributed by atoms with Crippen molar-refractivity contribution in [2.75, 3.05) is 5.73 Å². The van der Waals surface area contributed by atoms with Crippen LogP contribution in [0, 0.1) is 12.8 Å². The van der Waals surface area contributed by atoms with E-state index in [9.17, 15) is 4.79 Å². The number of carbonyl (C=O) groups is 1. The van der Waals surface area contributed by atoms with Crippen LogP contribution in [0.25, 0.3) is 44.6 Å². The lowest BCUT2D eigenvalue weighted by Crippen LogP contribution is -2.28. The second kappa shape index (κ2) is 8.67. The van der Waals surface area contributed by atoms with E-state index < -0.39 is 0 Å². The third kappa shape index (κ3) is 3.73. The van der Waals surface area contributed by atoms with Crippen LogP contribution >= 0.6 is 0 Å². The maximum atomic E-state index is 11.6. The molecule has 0 atom stereocenters. The van der Waals surface area contributed by atoms with E-state index in [1.165, 1.54) is 6.33 Å². The Morgan fingerprint density at radius 2 is 1.83 bits per heavy atom. The van der Waals surface area contributed by atoms with Crippen molar-refractivity contribution >= 4 is 33.7 Å². The summed E-state index contributed by atoms with van der Waals surface area (Å²) in [5, 5.41) is 6.80. The van der Waals surface area contributed by atoms with Gasteiger partial charge in [0.2, 0.25) is 5.91 Å². The zero-order valence-corrected chi connectivity index (χ0v) is 19.9. The summed E-state index contributed by atoms with van der Waals surface area (Å²) in [6.45, 7) is 2.08. The van der Waals surface area contributed by atoms with Crippen LogP contribution in [0.4, 0.5) is 5.82 Å². The maximum Gasteiger partial charge on any atom is 0.220 e. The number of nitrogens with two attached hydrogens (primary N) is 2. The van der Waals surface area contributed by atoms with Crippen LogP contribution < -0.4 is 11.5 Å². The lowest BCUT2D eigenvalue weighted by molar-refractivity contribution is -0.122. The summed E-state index contributed by atoms with van der Waals surface area (Å²) in [6, 6.07) is 14.1. The number of primary amides is 1. The summed E-state index contributed by atoms with van der Waals surface area (Å²) in [4.78, 5) is 29.8. The Morgan fingerprint density at radius 3 is 2.58 bits per heavy atom. The van der Waals surface area contributed by atoms with Gasteiger partial charge in [-0.3, -0.25) is 9.78 Å². The number of amides is 1. The molecule has 9 nitrogen and oxygen atoms in total. The minimum Gasteiger partial charge on any atom is -0.383 e. The average molecular weight is 479 g/mol. The molecule has 4 aromatic heterocycles. The minimum absolute atomic E-state index is 0.0784. The van der Waals surface area contributed by atoms with Crippen molar-refractivity contribution in [3.63, 3.8) is 0 Å². The summed E-state index contributed by atoms with van der Waals surface area (Å²) < 4.78 is 1.95. The molecule has 4 heterocycles. The molecule has 9 heteroatoms. The lowest BCUT2D eigenvalue weighted by Gasteiger charge is -2.27. The van der Waals surface area contributed by atoms with Gasteiger partial charge in [-0.2, -0.15) is 5.10 Å².